The average molecular weight is 221 g/mol. The second-order valence-electron chi connectivity index (χ2n) is 3.47. The maximum atomic E-state index is 11.9. The molecule has 0 spiro atoms. The third kappa shape index (κ3) is 2.67. The Bertz CT molecular complexity index is 375. The number of ketones is 1. The molecule has 1 amide bonds. The summed E-state index contributed by atoms with van der Waals surface area (Å²) in [6.45, 7) is 1.58. The zero-order chi connectivity index (χ0) is 12.1. The molecule has 0 bridgehead atoms. The van der Waals surface area contributed by atoms with E-state index >= 15 is 0 Å². The molecule has 0 heterocycles. The van der Waals surface area contributed by atoms with Crippen molar-refractivity contribution in [3.63, 3.8) is 0 Å². The minimum Gasteiger partial charge on any atom is -0.293 e. The summed E-state index contributed by atoms with van der Waals surface area (Å²) in [7, 11) is 2.87. The summed E-state index contributed by atoms with van der Waals surface area (Å²) < 4.78 is 0. The molecule has 0 aromatic heterocycles. The summed E-state index contributed by atoms with van der Waals surface area (Å²) in [5.41, 5.74) is 0.535. The molecular weight excluding hydrogens is 206 g/mol. The highest BCUT2D eigenvalue weighted by atomic mass is 16.7. The summed E-state index contributed by atoms with van der Waals surface area (Å²) in [5, 5.41) is 1.06. The van der Waals surface area contributed by atoms with Gasteiger partial charge in [-0.25, -0.2) is 5.06 Å². The Balaban J connectivity index is 2.79. The molecule has 0 fully saturated rings. The standard InChI is InChI=1S/C12H15NO3/c1-9(12(15)13(2)16-3)11(14)10-7-5-4-6-8-10/h4-9H,1-3H3. The fourth-order valence-corrected chi connectivity index (χ4v) is 1.33. The molecule has 1 atom stereocenters. The second kappa shape index (κ2) is 5.42. The van der Waals surface area contributed by atoms with Gasteiger partial charge in [0.15, 0.2) is 5.78 Å². The van der Waals surface area contributed by atoms with Gasteiger partial charge in [-0.2, -0.15) is 0 Å². The lowest BCUT2D eigenvalue weighted by molar-refractivity contribution is -0.171. The predicted octanol–water partition coefficient (Wildman–Crippen LogP) is 1.53. The molecule has 1 aromatic rings. The molecule has 0 aliphatic carbocycles. The average Bonchev–Trinajstić information content (AvgIpc) is 2.36. The van der Waals surface area contributed by atoms with Crippen LogP contribution in [0.3, 0.4) is 0 Å². The maximum absolute atomic E-state index is 11.9. The van der Waals surface area contributed by atoms with Gasteiger partial charge in [0, 0.05) is 12.6 Å². The lowest BCUT2D eigenvalue weighted by Crippen LogP contribution is -2.34. The number of nitrogens with zero attached hydrogens (tertiary/aromatic N) is 1. The van der Waals surface area contributed by atoms with E-state index in [0.717, 1.165) is 5.06 Å². The van der Waals surface area contributed by atoms with Gasteiger partial charge in [0.2, 0.25) is 0 Å². The number of hydrogen-bond donors (Lipinski definition) is 0. The summed E-state index contributed by atoms with van der Waals surface area (Å²) in [6.07, 6.45) is 0. The van der Waals surface area contributed by atoms with Crippen molar-refractivity contribution >= 4 is 11.7 Å². The second-order valence-corrected chi connectivity index (χ2v) is 3.47. The smallest absolute Gasteiger partial charge is 0.256 e. The molecule has 16 heavy (non-hydrogen) atoms. The molecule has 86 valence electrons. The van der Waals surface area contributed by atoms with Gasteiger partial charge >= 0.3 is 0 Å². The van der Waals surface area contributed by atoms with E-state index in [9.17, 15) is 9.59 Å². The van der Waals surface area contributed by atoms with Gasteiger partial charge in [0.05, 0.1) is 7.11 Å². The number of benzene rings is 1. The molecule has 0 aliphatic rings. The van der Waals surface area contributed by atoms with Gasteiger partial charge in [0.1, 0.15) is 5.92 Å². The zero-order valence-corrected chi connectivity index (χ0v) is 9.64. The fraction of sp³-hybridized carbons (Fsp3) is 0.333. The van der Waals surface area contributed by atoms with Crippen LogP contribution in [0.4, 0.5) is 0 Å². The van der Waals surface area contributed by atoms with E-state index in [1.54, 1.807) is 31.2 Å². The number of hydroxylamine groups is 2. The molecule has 4 heteroatoms. The minimum absolute atomic E-state index is 0.200. The molecule has 1 rings (SSSR count). The minimum atomic E-state index is -0.729. The van der Waals surface area contributed by atoms with Crippen LogP contribution in [0.2, 0.25) is 0 Å². The Kier molecular flexibility index (Phi) is 4.19. The van der Waals surface area contributed by atoms with Crippen molar-refractivity contribution in [3.05, 3.63) is 35.9 Å². The summed E-state index contributed by atoms with van der Waals surface area (Å²) >= 11 is 0. The van der Waals surface area contributed by atoms with Crippen LogP contribution in [0.5, 0.6) is 0 Å². The molecule has 4 nitrogen and oxygen atoms in total. The number of amides is 1. The highest BCUT2D eigenvalue weighted by molar-refractivity contribution is 6.09. The van der Waals surface area contributed by atoms with E-state index in [4.69, 9.17) is 4.84 Å². The third-order valence-electron chi connectivity index (χ3n) is 2.41. The largest absolute Gasteiger partial charge is 0.293 e. The Morgan fingerprint density at radius 3 is 2.31 bits per heavy atom. The molecular formula is C12H15NO3. The Hall–Kier alpha value is -1.68. The van der Waals surface area contributed by atoms with E-state index in [0.29, 0.717) is 5.56 Å². The summed E-state index contributed by atoms with van der Waals surface area (Å²) in [5.74, 6) is -1.28. The Labute approximate surface area is 94.8 Å². The van der Waals surface area contributed by atoms with Crippen LogP contribution in [0, 0.1) is 5.92 Å². The van der Waals surface area contributed by atoms with Gasteiger partial charge in [-0.3, -0.25) is 14.4 Å². The van der Waals surface area contributed by atoms with Crippen molar-refractivity contribution in [2.24, 2.45) is 5.92 Å². The Morgan fingerprint density at radius 1 is 1.25 bits per heavy atom. The van der Waals surface area contributed by atoms with Crippen molar-refractivity contribution in [2.75, 3.05) is 14.2 Å². The van der Waals surface area contributed by atoms with Crippen LogP contribution in [0.15, 0.2) is 30.3 Å². The zero-order valence-electron chi connectivity index (χ0n) is 9.64. The molecule has 1 aromatic carbocycles. The Morgan fingerprint density at radius 2 is 1.81 bits per heavy atom. The first-order valence-corrected chi connectivity index (χ1v) is 4.99. The molecule has 0 radical (unpaired) electrons. The van der Waals surface area contributed by atoms with Crippen LogP contribution < -0.4 is 0 Å². The lowest BCUT2D eigenvalue weighted by atomic mass is 9.99. The normalized spacial score (nSPS) is 11.9. The van der Waals surface area contributed by atoms with Crippen LogP contribution >= 0.6 is 0 Å². The van der Waals surface area contributed by atoms with Gasteiger partial charge in [-0.15, -0.1) is 0 Å². The topological polar surface area (TPSA) is 46.6 Å². The number of Topliss-reactive ketones (excluding diaryl/α,β-unsaturated/α-hetero) is 1. The first-order chi connectivity index (χ1) is 7.57. The monoisotopic (exact) mass is 221 g/mol. The quantitative estimate of drug-likeness (QED) is 0.440. The summed E-state index contributed by atoms with van der Waals surface area (Å²) in [6, 6.07) is 8.75. The van der Waals surface area contributed by atoms with Gasteiger partial charge < -0.3 is 0 Å². The van der Waals surface area contributed by atoms with Gasteiger partial charge in [0.25, 0.3) is 5.91 Å². The molecule has 1 unspecified atom stereocenters. The number of carbonyl (C=O) groups is 2. The fourth-order valence-electron chi connectivity index (χ4n) is 1.33. The van der Waals surface area contributed by atoms with Gasteiger partial charge in [-0.05, 0) is 6.92 Å². The van der Waals surface area contributed by atoms with E-state index in [1.807, 2.05) is 6.07 Å². The highest BCUT2D eigenvalue weighted by Crippen LogP contribution is 2.10. The van der Waals surface area contributed by atoms with Crippen LogP contribution in [-0.2, 0) is 9.63 Å². The van der Waals surface area contributed by atoms with Crippen LogP contribution in [0.1, 0.15) is 17.3 Å². The van der Waals surface area contributed by atoms with Crippen molar-refractivity contribution in [1.29, 1.82) is 0 Å². The van der Waals surface area contributed by atoms with Crippen molar-refractivity contribution < 1.29 is 14.4 Å². The number of hydrogen-bond acceptors (Lipinski definition) is 3. The predicted molar refractivity (Wildman–Crippen MR) is 59.7 cm³/mol. The molecule has 0 saturated heterocycles. The van der Waals surface area contributed by atoms with Crippen molar-refractivity contribution in [2.45, 2.75) is 6.92 Å². The van der Waals surface area contributed by atoms with Crippen LogP contribution in [0.25, 0.3) is 0 Å². The highest BCUT2D eigenvalue weighted by Gasteiger charge is 2.25. The number of carbonyl (C=O) groups excluding carboxylic acids is 2. The van der Waals surface area contributed by atoms with E-state index in [2.05, 4.69) is 0 Å². The third-order valence-corrected chi connectivity index (χ3v) is 2.41. The van der Waals surface area contributed by atoms with E-state index in [-0.39, 0.29) is 11.7 Å². The molecule has 0 N–H and O–H groups in total. The van der Waals surface area contributed by atoms with E-state index in [1.165, 1.54) is 14.2 Å². The SMILES string of the molecule is CON(C)C(=O)C(C)C(=O)c1ccccc1. The molecule has 0 aliphatic heterocycles. The van der Waals surface area contributed by atoms with Crippen molar-refractivity contribution in [1.82, 2.24) is 5.06 Å². The first kappa shape index (κ1) is 12.4. The summed E-state index contributed by atoms with van der Waals surface area (Å²) in [4.78, 5) is 28.3. The van der Waals surface area contributed by atoms with Crippen LogP contribution in [-0.4, -0.2) is 30.9 Å². The lowest BCUT2D eigenvalue weighted by Gasteiger charge is -2.17. The van der Waals surface area contributed by atoms with Crippen molar-refractivity contribution in [3.8, 4) is 0 Å². The maximum Gasteiger partial charge on any atom is 0.256 e. The molecule has 0 saturated carbocycles. The number of rotatable bonds is 4. The first-order valence-electron chi connectivity index (χ1n) is 4.99. The van der Waals surface area contributed by atoms with E-state index < -0.39 is 5.92 Å². The van der Waals surface area contributed by atoms with Gasteiger partial charge in [-0.1, -0.05) is 30.3 Å².